The van der Waals surface area contributed by atoms with Gasteiger partial charge in [0.15, 0.2) is 16.7 Å². The van der Waals surface area contributed by atoms with Crippen molar-refractivity contribution in [2.24, 2.45) is 0 Å². The summed E-state index contributed by atoms with van der Waals surface area (Å²) in [5.74, 6) is -0.560. The van der Waals surface area contributed by atoms with Gasteiger partial charge in [0.2, 0.25) is 0 Å². The van der Waals surface area contributed by atoms with E-state index in [2.05, 4.69) is 15.3 Å². The first-order chi connectivity index (χ1) is 15.5. The Morgan fingerprint density at radius 1 is 1.28 bits per heavy atom. The summed E-state index contributed by atoms with van der Waals surface area (Å²) in [6.07, 6.45) is 1.67. The predicted molar refractivity (Wildman–Crippen MR) is 118 cm³/mol. The lowest BCUT2D eigenvalue weighted by atomic mass is 10.2. The molecule has 1 saturated heterocycles. The van der Waals surface area contributed by atoms with Gasteiger partial charge in [0.05, 0.1) is 25.0 Å². The van der Waals surface area contributed by atoms with E-state index < -0.39 is 5.82 Å². The molecule has 10 heteroatoms. The fraction of sp³-hybridized carbons (Fsp3) is 0.273. The molecule has 0 saturated carbocycles. The molecule has 1 N–H and O–H groups in total. The van der Waals surface area contributed by atoms with Crippen LogP contribution in [-0.4, -0.2) is 47.0 Å². The van der Waals surface area contributed by atoms with Crippen LogP contribution in [0.15, 0.2) is 42.6 Å². The van der Waals surface area contributed by atoms with Crippen molar-refractivity contribution in [1.82, 2.24) is 20.2 Å². The first kappa shape index (κ1) is 21.7. The maximum atomic E-state index is 14.0. The lowest BCUT2D eigenvalue weighted by Gasteiger charge is -2.17. The number of methoxy groups -OCH3 is 1. The van der Waals surface area contributed by atoms with Gasteiger partial charge in [-0.25, -0.2) is 14.2 Å². The Morgan fingerprint density at radius 2 is 2.12 bits per heavy atom. The van der Waals surface area contributed by atoms with Crippen LogP contribution in [0.2, 0.25) is 0 Å². The average molecular weight is 456 g/mol. The van der Waals surface area contributed by atoms with E-state index in [1.54, 1.807) is 35.1 Å². The molecule has 0 radical (unpaired) electrons. The summed E-state index contributed by atoms with van der Waals surface area (Å²) >= 11 is 1.18. The fourth-order valence-electron chi connectivity index (χ4n) is 3.40. The number of amides is 3. The zero-order valence-electron chi connectivity index (χ0n) is 17.7. The van der Waals surface area contributed by atoms with Crippen LogP contribution in [0, 0.1) is 12.7 Å². The van der Waals surface area contributed by atoms with Crippen LogP contribution >= 0.6 is 11.3 Å². The smallest absolute Gasteiger partial charge is 0.326 e. The summed E-state index contributed by atoms with van der Waals surface area (Å²) in [5, 5.41) is 3.31. The van der Waals surface area contributed by atoms with Gasteiger partial charge in [-0.1, -0.05) is 23.5 Å². The van der Waals surface area contributed by atoms with Gasteiger partial charge in [-0.15, -0.1) is 0 Å². The van der Waals surface area contributed by atoms with E-state index in [0.717, 1.165) is 5.69 Å². The number of carbonyl (C=O) groups is 2. The van der Waals surface area contributed by atoms with Crippen molar-refractivity contribution in [2.45, 2.75) is 20.0 Å². The molecule has 0 unspecified atom stereocenters. The minimum Gasteiger partial charge on any atom is -0.494 e. The molecule has 3 amide bonds. The van der Waals surface area contributed by atoms with Crippen molar-refractivity contribution >= 4 is 28.4 Å². The van der Waals surface area contributed by atoms with E-state index in [9.17, 15) is 14.0 Å². The third kappa shape index (κ3) is 4.54. The second kappa shape index (κ2) is 9.31. The number of thiazole rings is 1. The number of hydrogen-bond donors (Lipinski definition) is 1. The minimum atomic E-state index is -0.467. The SMILES string of the molecule is COc1ccc(CN2CCN(c3nc(C)c(C(=O)NCc4ccccn4)s3)C2=O)cc1F. The van der Waals surface area contributed by atoms with Crippen molar-refractivity contribution in [2.75, 3.05) is 25.1 Å². The first-order valence-electron chi connectivity index (χ1n) is 10.0. The number of anilines is 1. The number of nitrogens with one attached hydrogen (secondary N) is 1. The molecule has 166 valence electrons. The monoisotopic (exact) mass is 455 g/mol. The van der Waals surface area contributed by atoms with E-state index in [1.165, 1.54) is 24.5 Å². The maximum Gasteiger partial charge on any atom is 0.326 e. The number of urea groups is 1. The summed E-state index contributed by atoms with van der Waals surface area (Å²) in [7, 11) is 1.41. The van der Waals surface area contributed by atoms with Crippen LogP contribution in [0.3, 0.4) is 0 Å². The summed E-state index contributed by atoms with van der Waals surface area (Å²) in [5.41, 5.74) is 1.99. The zero-order valence-corrected chi connectivity index (χ0v) is 18.5. The van der Waals surface area contributed by atoms with Gasteiger partial charge in [-0.3, -0.25) is 14.7 Å². The van der Waals surface area contributed by atoms with Crippen LogP contribution in [0.25, 0.3) is 0 Å². The molecule has 0 aliphatic carbocycles. The average Bonchev–Trinajstić information content (AvgIpc) is 3.35. The molecule has 1 aliphatic heterocycles. The molecule has 0 bridgehead atoms. The van der Waals surface area contributed by atoms with E-state index in [-0.39, 0.29) is 24.2 Å². The van der Waals surface area contributed by atoms with E-state index in [4.69, 9.17) is 4.74 Å². The normalized spacial score (nSPS) is 13.5. The molecular weight excluding hydrogens is 433 g/mol. The van der Waals surface area contributed by atoms with Gasteiger partial charge in [0.1, 0.15) is 4.88 Å². The molecule has 3 heterocycles. The van der Waals surface area contributed by atoms with Crippen LogP contribution in [0.5, 0.6) is 5.75 Å². The zero-order chi connectivity index (χ0) is 22.7. The van der Waals surface area contributed by atoms with Crippen molar-refractivity contribution in [1.29, 1.82) is 0 Å². The van der Waals surface area contributed by atoms with Crippen molar-refractivity contribution in [3.8, 4) is 5.75 Å². The number of pyridine rings is 1. The molecule has 1 aliphatic rings. The summed E-state index contributed by atoms with van der Waals surface area (Å²) < 4.78 is 18.9. The topological polar surface area (TPSA) is 87.7 Å². The van der Waals surface area contributed by atoms with Gasteiger partial charge in [-0.05, 0) is 36.8 Å². The van der Waals surface area contributed by atoms with Gasteiger partial charge in [-0.2, -0.15) is 0 Å². The maximum absolute atomic E-state index is 14.0. The van der Waals surface area contributed by atoms with Crippen molar-refractivity contribution < 1.29 is 18.7 Å². The van der Waals surface area contributed by atoms with E-state index in [1.807, 2.05) is 18.2 Å². The van der Waals surface area contributed by atoms with Crippen LogP contribution < -0.4 is 15.0 Å². The number of nitrogens with zero attached hydrogens (tertiary/aromatic N) is 4. The Labute approximate surface area is 188 Å². The predicted octanol–water partition coefficient (Wildman–Crippen LogP) is 3.37. The van der Waals surface area contributed by atoms with Gasteiger partial charge < -0.3 is 15.0 Å². The number of benzene rings is 1. The highest BCUT2D eigenvalue weighted by Crippen LogP contribution is 2.29. The molecule has 1 fully saturated rings. The fourth-order valence-corrected chi connectivity index (χ4v) is 4.40. The number of aryl methyl sites for hydroxylation is 1. The number of halogens is 1. The third-order valence-corrected chi connectivity index (χ3v) is 6.24. The standard InChI is InChI=1S/C22H22FN5O3S/c1-14-19(20(29)25-12-16-5-3-4-8-24-16)32-21(26-14)28-10-9-27(22(28)30)13-15-6-7-18(31-2)17(23)11-15/h3-8,11H,9-10,12-13H2,1-2H3,(H,25,29). The number of aromatic nitrogens is 2. The highest BCUT2D eigenvalue weighted by Gasteiger charge is 2.32. The molecular formula is C22H22FN5O3S. The Kier molecular flexibility index (Phi) is 6.31. The molecule has 3 aromatic rings. The van der Waals surface area contributed by atoms with Crippen molar-refractivity contribution in [3.63, 3.8) is 0 Å². The Bertz CT molecular complexity index is 1140. The lowest BCUT2D eigenvalue weighted by Crippen LogP contribution is -2.31. The van der Waals surface area contributed by atoms with Crippen LogP contribution in [0.4, 0.5) is 14.3 Å². The van der Waals surface area contributed by atoms with E-state index in [0.29, 0.717) is 40.9 Å². The molecule has 8 nitrogen and oxygen atoms in total. The van der Waals surface area contributed by atoms with Crippen LogP contribution in [0.1, 0.15) is 26.6 Å². The highest BCUT2D eigenvalue weighted by molar-refractivity contribution is 7.17. The number of ether oxygens (including phenoxy) is 1. The Morgan fingerprint density at radius 3 is 2.84 bits per heavy atom. The van der Waals surface area contributed by atoms with E-state index >= 15 is 0 Å². The van der Waals surface area contributed by atoms with Gasteiger partial charge in [0.25, 0.3) is 5.91 Å². The Hall–Kier alpha value is -3.53. The third-order valence-electron chi connectivity index (χ3n) is 5.06. The number of carbonyl (C=O) groups excluding carboxylic acids is 2. The summed E-state index contributed by atoms with van der Waals surface area (Å²) in [4.78, 5) is 37.8. The van der Waals surface area contributed by atoms with Gasteiger partial charge >= 0.3 is 6.03 Å². The first-order valence-corrected chi connectivity index (χ1v) is 10.8. The van der Waals surface area contributed by atoms with Gasteiger partial charge in [0, 0.05) is 25.8 Å². The second-order valence-electron chi connectivity index (χ2n) is 7.24. The highest BCUT2D eigenvalue weighted by atomic mass is 32.1. The minimum absolute atomic E-state index is 0.162. The summed E-state index contributed by atoms with van der Waals surface area (Å²) in [6, 6.07) is 9.92. The quantitative estimate of drug-likeness (QED) is 0.590. The molecule has 1 aromatic carbocycles. The molecule has 0 spiro atoms. The molecule has 0 atom stereocenters. The molecule has 4 rings (SSSR count). The molecule has 32 heavy (non-hydrogen) atoms. The Balaban J connectivity index is 1.41. The summed E-state index contributed by atoms with van der Waals surface area (Å²) in [6.45, 7) is 3.25. The largest absolute Gasteiger partial charge is 0.494 e. The van der Waals surface area contributed by atoms with Crippen molar-refractivity contribution in [3.05, 3.63) is 70.2 Å². The number of hydrogen-bond acceptors (Lipinski definition) is 6. The van der Waals surface area contributed by atoms with Crippen LogP contribution in [-0.2, 0) is 13.1 Å². The number of rotatable bonds is 7. The lowest BCUT2D eigenvalue weighted by molar-refractivity contribution is 0.0953. The second-order valence-corrected chi connectivity index (χ2v) is 8.22. The molecule has 2 aromatic heterocycles.